The molecule has 2 N–H and O–H groups in total. The Hall–Kier alpha value is -1.67. The molecule has 0 bridgehead atoms. The van der Waals surface area contributed by atoms with Crippen molar-refractivity contribution in [3.05, 3.63) is 52.5 Å². The molecule has 0 aliphatic heterocycles. The molecule has 3 heteroatoms. The van der Waals surface area contributed by atoms with Crippen molar-refractivity contribution in [1.29, 1.82) is 0 Å². The molecule has 0 radical (unpaired) electrons. The number of aryl methyl sites for hydroxylation is 1. The van der Waals surface area contributed by atoms with Crippen molar-refractivity contribution in [2.75, 3.05) is 5.73 Å². The maximum atomic E-state index is 6.01. The van der Waals surface area contributed by atoms with Gasteiger partial charge in [0.05, 0.1) is 10.7 Å². The molecular formula is C16H18ClNO. The lowest BCUT2D eigenvalue weighted by Crippen LogP contribution is -1.93. The molecule has 2 rings (SSSR count). The summed E-state index contributed by atoms with van der Waals surface area (Å²) in [6, 6.07) is 11.7. The van der Waals surface area contributed by atoms with E-state index in [4.69, 9.17) is 22.1 Å². The van der Waals surface area contributed by atoms with Crippen LogP contribution >= 0.6 is 11.6 Å². The molecule has 0 fully saturated rings. The number of rotatable bonds is 3. The minimum absolute atomic E-state index is 0.513. The van der Waals surface area contributed by atoms with E-state index >= 15 is 0 Å². The Kier molecular flexibility index (Phi) is 4.01. The smallest absolute Gasteiger partial charge is 0.131 e. The topological polar surface area (TPSA) is 35.2 Å². The van der Waals surface area contributed by atoms with Crippen molar-refractivity contribution < 1.29 is 4.74 Å². The number of anilines is 1. The summed E-state index contributed by atoms with van der Waals surface area (Å²) < 4.78 is 5.84. The second kappa shape index (κ2) is 5.54. The van der Waals surface area contributed by atoms with Gasteiger partial charge in [-0.25, -0.2) is 0 Å². The maximum Gasteiger partial charge on any atom is 0.131 e. The van der Waals surface area contributed by atoms with Crippen molar-refractivity contribution in [3.8, 4) is 11.5 Å². The van der Waals surface area contributed by atoms with E-state index in [1.807, 2.05) is 25.1 Å². The van der Waals surface area contributed by atoms with Crippen LogP contribution in [-0.4, -0.2) is 0 Å². The first-order valence-corrected chi connectivity index (χ1v) is 6.68. The summed E-state index contributed by atoms with van der Waals surface area (Å²) in [5, 5.41) is 0.513. The van der Waals surface area contributed by atoms with Gasteiger partial charge in [-0.05, 0) is 42.2 Å². The van der Waals surface area contributed by atoms with E-state index in [9.17, 15) is 0 Å². The lowest BCUT2D eigenvalue weighted by Gasteiger charge is -2.11. The fourth-order valence-electron chi connectivity index (χ4n) is 1.84. The predicted molar refractivity (Wildman–Crippen MR) is 81.2 cm³/mol. The third-order valence-electron chi connectivity index (χ3n) is 3.07. The number of hydrogen-bond acceptors (Lipinski definition) is 2. The minimum atomic E-state index is 0.513. The van der Waals surface area contributed by atoms with Gasteiger partial charge in [0.1, 0.15) is 11.5 Å². The molecule has 0 spiro atoms. The second-order valence-corrected chi connectivity index (χ2v) is 5.37. The molecule has 0 atom stereocenters. The van der Waals surface area contributed by atoms with Crippen LogP contribution < -0.4 is 10.5 Å². The Morgan fingerprint density at radius 1 is 1.11 bits per heavy atom. The van der Waals surface area contributed by atoms with Crippen LogP contribution in [0.4, 0.5) is 5.69 Å². The van der Waals surface area contributed by atoms with E-state index in [-0.39, 0.29) is 0 Å². The van der Waals surface area contributed by atoms with Gasteiger partial charge in [-0.15, -0.1) is 0 Å². The van der Waals surface area contributed by atoms with Crippen LogP contribution in [0.25, 0.3) is 0 Å². The SMILES string of the molecule is Cc1cc(N)c(Cl)cc1Oc1ccc(C(C)C)cc1. The second-order valence-electron chi connectivity index (χ2n) is 4.97. The van der Waals surface area contributed by atoms with Gasteiger partial charge >= 0.3 is 0 Å². The van der Waals surface area contributed by atoms with Crippen LogP contribution in [0.3, 0.4) is 0 Å². The molecule has 100 valence electrons. The van der Waals surface area contributed by atoms with Crippen LogP contribution in [0.15, 0.2) is 36.4 Å². The highest BCUT2D eigenvalue weighted by Crippen LogP contribution is 2.32. The lowest BCUT2D eigenvalue weighted by atomic mass is 10.0. The standard InChI is InChI=1S/C16H18ClNO/c1-10(2)12-4-6-13(7-5-12)19-16-9-14(17)15(18)8-11(16)3/h4-10H,18H2,1-3H3. The van der Waals surface area contributed by atoms with Gasteiger partial charge in [-0.3, -0.25) is 0 Å². The highest BCUT2D eigenvalue weighted by Gasteiger charge is 2.06. The number of halogens is 1. The van der Waals surface area contributed by atoms with Gasteiger partial charge in [-0.2, -0.15) is 0 Å². The molecule has 0 unspecified atom stereocenters. The zero-order valence-corrected chi connectivity index (χ0v) is 12.2. The molecule has 19 heavy (non-hydrogen) atoms. The molecule has 0 saturated heterocycles. The zero-order chi connectivity index (χ0) is 14.0. The van der Waals surface area contributed by atoms with Gasteiger partial charge in [0.2, 0.25) is 0 Å². The summed E-state index contributed by atoms with van der Waals surface area (Å²) in [6.07, 6.45) is 0. The maximum absolute atomic E-state index is 6.01. The summed E-state index contributed by atoms with van der Waals surface area (Å²) in [5.41, 5.74) is 8.58. The van der Waals surface area contributed by atoms with E-state index in [1.165, 1.54) is 5.56 Å². The number of hydrogen-bond donors (Lipinski definition) is 1. The molecule has 2 aromatic rings. The van der Waals surface area contributed by atoms with E-state index < -0.39 is 0 Å². The van der Waals surface area contributed by atoms with E-state index in [1.54, 1.807) is 6.07 Å². The molecular weight excluding hydrogens is 258 g/mol. The highest BCUT2D eigenvalue weighted by molar-refractivity contribution is 6.33. The van der Waals surface area contributed by atoms with Crippen molar-refractivity contribution in [2.45, 2.75) is 26.7 Å². The third kappa shape index (κ3) is 3.21. The summed E-state index contributed by atoms with van der Waals surface area (Å²) >= 11 is 6.01. The van der Waals surface area contributed by atoms with Gasteiger partial charge in [0, 0.05) is 6.07 Å². The predicted octanol–water partition coefficient (Wildman–Crippen LogP) is 5.15. The average molecular weight is 276 g/mol. The molecule has 2 aromatic carbocycles. The monoisotopic (exact) mass is 275 g/mol. The Morgan fingerprint density at radius 2 is 1.74 bits per heavy atom. The molecule has 0 amide bonds. The van der Waals surface area contributed by atoms with Crippen LogP contribution in [0, 0.1) is 6.92 Å². The number of nitrogen functional groups attached to an aromatic ring is 1. The van der Waals surface area contributed by atoms with Crippen molar-refractivity contribution in [3.63, 3.8) is 0 Å². The Morgan fingerprint density at radius 3 is 2.32 bits per heavy atom. The zero-order valence-electron chi connectivity index (χ0n) is 11.4. The molecule has 0 heterocycles. The minimum Gasteiger partial charge on any atom is -0.457 e. The number of ether oxygens (including phenoxy) is 1. The van der Waals surface area contributed by atoms with Crippen LogP contribution in [0.1, 0.15) is 30.9 Å². The average Bonchev–Trinajstić information content (AvgIpc) is 2.36. The fourth-order valence-corrected chi connectivity index (χ4v) is 2.00. The Bertz CT molecular complexity index is 576. The van der Waals surface area contributed by atoms with Gasteiger partial charge in [0.25, 0.3) is 0 Å². The molecule has 0 aromatic heterocycles. The summed E-state index contributed by atoms with van der Waals surface area (Å²) in [4.78, 5) is 0. The van der Waals surface area contributed by atoms with E-state index in [2.05, 4.69) is 26.0 Å². The lowest BCUT2D eigenvalue weighted by molar-refractivity contribution is 0.478. The van der Waals surface area contributed by atoms with Crippen LogP contribution in [0.2, 0.25) is 5.02 Å². The van der Waals surface area contributed by atoms with E-state index in [0.717, 1.165) is 17.1 Å². The molecule has 2 nitrogen and oxygen atoms in total. The van der Waals surface area contributed by atoms with Crippen LogP contribution in [-0.2, 0) is 0 Å². The van der Waals surface area contributed by atoms with Gasteiger partial charge < -0.3 is 10.5 Å². The third-order valence-corrected chi connectivity index (χ3v) is 3.40. The summed E-state index contributed by atoms with van der Waals surface area (Å²) in [6.45, 7) is 6.28. The largest absolute Gasteiger partial charge is 0.457 e. The number of nitrogens with two attached hydrogens (primary N) is 1. The van der Waals surface area contributed by atoms with Crippen LogP contribution in [0.5, 0.6) is 11.5 Å². The molecule has 0 aliphatic carbocycles. The molecule has 0 aliphatic rings. The van der Waals surface area contributed by atoms with Gasteiger partial charge in [-0.1, -0.05) is 37.6 Å². The van der Waals surface area contributed by atoms with Crippen molar-refractivity contribution in [2.24, 2.45) is 0 Å². The molecule has 0 saturated carbocycles. The van der Waals surface area contributed by atoms with Crippen molar-refractivity contribution >= 4 is 17.3 Å². The first-order chi connectivity index (χ1) is 8.97. The Labute approximate surface area is 119 Å². The van der Waals surface area contributed by atoms with E-state index in [0.29, 0.717) is 16.6 Å². The summed E-state index contributed by atoms with van der Waals surface area (Å²) in [7, 11) is 0. The first kappa shape index (κ1) is 13.8. The van der Waals surface area contributed by atoms with Gasteiger partial charge in [0.15, 0.2) is 0 Å². The normalized spacial score (nSPS) is 10.8. The first-order valence-electron chi connectivity index (χ1n) is 6.31. The highest BCUT2D eigenvalue weighted by atomic mass is 35.5. The summed E-state index contributed by atoms with van der Waals surface area (Å²) in [5.74, 6) is 2.05. The van der Waals surface area contributed by atoms with Crippen molar-refractivity contribution in [1.82, 2.24) is 0 Å². The fraction of sp³-hybridized carbons (Fsp3) is 0.250. The Balaban J connectivity index is 2.24. The quantitative estimate of drug-likeness (QED) is 0.787. The number of benzene rings is 2.